The molecule has 2 aromatic rings. The zero-order valence-electron chi connectivity index (χ0n) is 11.8. The number of para-hydroxylation sites is 1. The molecule has 4 heteroatoms. The van der Waals surface area contributed by atoms with E-state index < -0.39 is 0 Å². The van der Waals surface area contributed by atoms with Crippen molar-refractivity contribution < 1.29 is 13.9 Å². The number of hydrogen-bond donors (Lipinski definition) is 1. The van der Waals surface area contributed by atoms with Gasteiger partial charge >= 0.3 is 0 Å². The summed E-state index contributed by atoms with van der Waals surface area (Å²) in [6.07, 6.45) is 2.63. The van der Waals surface area contributed by atoms with Gasteiger partial charge in [0.25, 0.3) is 0 Å². The number of methoxy groups -OCH3 is 1. The maximum Gasteiger partial charge on any atom is 0.220 e. The van der Waals surface area contributed by atoms with E-state index in [0.717, 1.165) is 17.1 Å². The fourth-order valence-corrected chi connectivity index (χ4v) is 2.11. The predicted molar refractivity (Wildman–Crippen MR) is 76.6 cm³/mol. The second-order valence-corrected chi connectivity index (χ2v) is 4.61. The van der Waals surface area contributed by atoms with Gasteiger partial charge < -0.3 is 14.5 Å². The summed E-state index contributed by atoms with van der Waals surface area (Å²) in [4.78, 5) is 11.9. The molecule has 1 amide bonds. The average Bonchev–Trinajstić information content (AvgIpc) is 2.98. The first-order chi connectivity index (χ1) is 9.70. The van der Waals surface area contributed by atoms with Crippen LogP contribution in [0.4, 0.5) is 0 Å². The number of ether oxygens (including phenoxy) is 1. The smallest absolute Gasteiger partial charge is 0.220 e. The van der Waals surface area contributed by atoms with Crippen LogP contribution in [0.25, 0.3) is 0 Å². The SMILES string of the molecule is COc1ccccc1C(C)NC(=O)CCc1ccco1. The van der Waals surface area contributed by atoms with Gasteiger partial charge in [-0.25, -0.2) is 0 Å². The van der Waals surface area contributed by atoms with Crippen LogP contribution in [0.5, 0.6) is 5.75 Å². The van der Waals surface area contributed by atoms with Gasteiger partial charge in [0, 0.05) is 18.4 Å². The van der Waals surface area contributed by atoms with E-state index in [0.29, 0.717) is 12.8 Å². The Labute approximate surface area is 118 Å². The van der Waals surface area contributed by atoms with Crippen LogP contribution >= 0.6 is 0 Å². The third-order valence-corrected chi connectivity index (χ3v) is 3.16. The van der Waals surface area contributed by atoms with E-state index in [1.807, 2.05) is 43.3 Å². The van der Waals surface area contributed by atoms with Gasteiger partial charge in [0.15, 0.2) is 0 Å². The molecule has 0 radical (unpaired) electrons. The van der Waals surface area contributed by atoms with Crippen molar-refractivity contribution in [1.29, 1.82) is 0 Å². The molecule has 0 spiro atoms. The second kappa shape index (κ2) is 6.80. The van der Waals surface area contributed by atoms with Crippen molar-refractivity contribution in [2.45, 2.75) is 25.8 Å². The molecule has 4 nitrogen and oxygen atoms in total. The molecule has 1 atom stereocenters. The molecule has 0 aliphatic carbocycles. The number of carbonyl (C=O) groups excluding carboxylic acids is 1. The molecule has 1 unspecified atom stereocenters. The number of hydrogen-bond acceptors (Lipinski definition) is 3. The van der Waals surface area contributed by atoms with Gasteiger partial charge in [-0.15, -0.1) is 0 Å². The fourth-order valence-electron chi connectivity index (χ4n) is 2.11. The Morgan fingerprint density at radius 2 is 2.10 bits per heavy atom. The minimum Gasteiger partial charge on any atom is -0.496 e. The van der Waals surface area contributed by atoms with Crippen LogP contribution in [0.1, 0.15) is 30.7 Å². The first-order valence-electron chi connectivity index (χ1n) is 6.65. The highest BCUT2D eigenvalue weighted by atomic mass is 16.5. The molecular weight excluding hydrogens is 254 g/mol. The Bertz CT molecular complexity index is 549. The lowest BCUT2D eigenvalue weighted by Gasteiger charge is -2.17. The van der Waals surface area contributed by atoms with E-state index in [1.165, 1.54) is 0 Å². The molecule has 0 saturated heterocycles. The van der Waals surface area contributed by atoms with Crippen molar-refractivity contribution in [3.8, 4) is 5.75 Å². The van der Waals surface area contributed by atoms with Gasteiger partial charge in [-0.05, 0) is 25.1 Å². The lowest BCUT2D eigenvalue weighted by atomic mass is 10.1. The van der Waals surface area contributed by atoms with E-state index in [1.54, 1.807) is 13.4 Å². The van der Waals surface area contributed by atoms with Crippen LogP contribution < -0.4 is 10.1 Å². The molecule has 20 heavy (non-hydrogen) atoms. The molecule has 0 saturated carbocycles. The van der Waals surface area contributed by atoms with Gasteiger partial charge in [-0.1, -0.05) is 18.2 Å². The summed E-state index contributed by atoms with van der Waals surface area (Å²) in [6.45, 7) is 1.95. The number of amides is 1. The van der Waals surface area contributed by atoms with E-state index in [-0.39, 0.29) is 11.9 Å². The molecule has 1 heterocycles. The maximum absolute atomic E-state index is 11.9. The molecule has 1 aromatic carbocycles. The number of nitrogens with one attached hydrogen (secondary N) is 1. The van der Waals surface area contributed by atoms with E-state index in [9.17, 15) is 4.79 Å². The molecule has 0 aliphatic rings. The minimum atomic E-state index is -0.0877. The summed E-state index contributed by atoms with van der Waals surface area (Å²) in [5.41, 5.74) is 0.973. The van der Waals surface area contributed by atoms with Crippen molar-refractivity contribution in [2.75, 3.05) is 7.11 Å². The first kappa shape index (κ1) is 14.2. The van der Waals surface area contributed by atoms with Crippen LogP contribution in [-0.4, -0.2) is 13.0 Å². The lowest BCUT2D eigenvalue weighted by Crippen LogP contribution is -2.27. The number of carbonyl (C=O) groups is 1. The zero-order valence-corrected chi connectivity index (χ0v) is 11.8. The van der Waals surface area contributed by atoms with Gasteiger partial charge in [-0.3, -0.25) is 4.79 Å². The third-order valence-electron chi connectivity index (χ3n) is 3.16. The van der Waals surface area contributed by atoms with Gasteiger partial charge in [0.1, 0.15) is 11.5 Å². The summed E-state index contributed by atoms with van der Waals surface area (Å²) < 4.78 is 10.5. The Balaban J connectivity index is 1.90. The Kier molecular flexibility index (Phi) is 4.82. The number of aryl methyl sites for hydroxylation is 1. The highest BCUT2D eigenvalue weighted by Gasteiger charge is 2.13. The average molecular weight is 273 g/mol. The monoisotopic (exact) mass is 273 g/mol. The van der Waals surface area contributed by atoms with Crippen molar-refractivity contribution >= 4 is 5.91 Å². The summed E-state index contributed by atoms with van der Waals surface area (Å²) in [5.74, 6) is 1.61. The highest BCUT2D eigenvalue weighted by molar-refractivity contribution is 5.76. The van der Waals surface area contributed by atoms with Gasteiger partial charge in [0.05, 0.1) is 19.4 Å². The molecule has 1 aromatic heterocycles. The molecule has 0 aliphatic heterocycles. The zero-order chi connectivity index (χ0) is 14.4. The number of rotatable bonds is 6. The quantitative estimate of drug-likeness (QED) is 0.880. The van der Waals surface area contributed by atoms with Gasteiger partial charge in [-0.2, -0.15) is 0 Å². The molecule has 2 rings (SSSR count). The highest BCUT2D eigenvalue weighted by Crippen LogP contribution is 2.24. The summed E-state index contributed by atoms with van der Waals surface area (Å²) >= 11 is 0. The summed E-state index contributed by atoms with van der Waals surface area (Å²) in [7, 11) is 1.63. The summed E-state index contributed by atoms with van der Waals surface area (Å²) in [6, 6.07) is 11.3. The van der Waals surface area contributed by atoms with E-state index >= 15 is 0 Å². The largest absolute Gasteiger partial charge is 0.496 e. The third kappa shape index (κ3) is 3.63. The van der Waals surface area contributed by atoms with E-state index in [4.69, 9.17) is 9.15 Å². The predicted octanol–water partition coefficient (Wildman–Crippen LogP) is 3.10. The summed E-state index contributed by atoms with van der Waals surface area (Å²) in [5, 5.41) is 2.97. The normalized spacial score (nSPS) is 11.9. The molecule has 0 bridgehead atoms. The first-order valence-corrected chi connectivity index (χ1v) is 6.65. The molecular formula is C16H19NO3. The van der Waals surface area contributed by atoms with Crippen LogP contribution in [-0.2, 0) is 11.2 Å². The van der Waals surface area contributed by atoms with Crippen LogP contribution in [0.15, 0.2) is 47.1 Å². The Morgan fingerprint density at radius 1 is 1.30 bits per heavy atom. The lowest BCUT2D eigenvalue weighted by molar-refractivity contribution is -0.121. The Hall–Kier alpha value is -2.23. The maximum atomic E-state index is 11.9. The van der Waals surface area contributed by atoms with Crippen molar-refractivity contribution in [2.24, 2.45) is 0 Å². The fraction of sp³-hybridized carbons (Fsp3) is 0.312. The van der Waals surface area contributed by atoms with Crippen molar-refractivity contribution in [3.05, 3.63) is 54.0 Å². The number of furan rings is 1. The van der Waals surface area contributed by atoms with Crippen LogP contribution in [0, 0.1) is 0 Å². The van der Waals surface area contributed by atoms with Crippen molar-refractivity contribution in [3.63, 3.8) is 0 Å². The standard InChI is InChI=1S/C16H19NO3/c1-12(14-7-3-4-8-15(14)19-2)17-16(18)10-9-13-6-5-11-20-13/h3-8,11-12H,9-10H2,1-2H3,(H,17,18). The minimum absolute atomic E-state index is 0.000180. The number of benzene rings is 1. The van der Waals surface area contributed by atoms with Crippen LogP contribution in [0.3, 0.4) is 0 Å². The topological polar surface area (TPSA) is 51.5 Å². The van der Waals surface area contributed by atoms with E-state index in [2.05, 4.69) is 5.32 Å². The molecule has 1 N–H and O–H groups in total. The molecule has 106 valence electrons. The van der Waals surface area contributed by atoms with Crippen LogP contribution in [0.2, 0.25) is 0 Å². The van der Waals surface area contributed by atoms with Gasteiger partial charge in [0.2, 0.25) is 5.91 Å². The molecule has 0 fully saturated rings. The van der Waals surface area contributed by atoms with Crippen molar-refractivity contribution in [1.82, 2.24) is 5.32 Å². The second-order valence-electron chi connectivity index (χ2n) is 4.61. The Morgan fingerprint density at radius 3 is 2.80 bits per heavy atom.